The van der Waals surface area contributed by atoms with Gasteiger partial charge in [0.25, 0.3) is 5.91 Å². The lowest BCUT2D eigenvalue weighted by molar-refractivity contribution is 0.0953. The molecule has 98 valence electrons. The number of hydrogen-bond acceptors (Lipinski definition) is 2. The second-order valence-electron chi connectivity index (χ2n) is 4.53. The molecular formula is C14H18BrNOS. The van der Waals surface area contributed by atoms with Crippen molar-refractivity contribution in [3.63, 3.8) is 0 Å². The van der Waals surface area contributed by atoms with Crippen LogP contribution < -0.4 is 5.32 Å². The van der Waals surface area contributed by atoms with E-state index in [1.165, 1.54) is 30.6 Å². The number of carbonyl (C=O) groups is 1. The minimum absolute atomic E-state index is 0.0438. The molecule has 1 aliphatic heterocycles. The maximum atomic E-state index is 12.0. The third kappa shape index (κ3) is 4.02. The van der Waals surface area contributed by atoms with Crippen LogP contribution in [0.15, 0.2) is 24.3 Å². The van der Waals surface area contributed by atoms with Crippen LogP contribution in [0.4, 0.5) is 0 Å². The normalized spacial score (nSPS) is 19.5. The zero-order chi connectivity index (χ0) is 12.8. The average Bonchev–Trinajstić information content (AvgIpc) is 2.46. The van der Waals surface area contributed by atoms with Gasteiger partial charge in [0.2, 0.25) is 0 Å². The molecule has 0 aromatic heterocycles. The summed E-state index contributed by atoms with van der Waals surface area (Å²) in [7, 11) is 0. The van der Waals surface area contributed by atoms with Gasteiger partial charge in [-0.3, -0.25) is 4.79 Å². The number of thioether (sulfide) groups is 1. The van der Waals surface area contributed by atoms with Crippen LogP contribution in [0.3, 0.4) is 0 Å². The number of alkyl halides is 1. The minimum atomic E-state index is 0.0438. The number of halogens is 1. The van der Waals surface area contributed by atoms with E-state index >= 15 is 0 Å². The molecule has 1 saturated heterocycles. The second-order valence-corrected chi connectivity index (χ2v) is 6.50. The molecule has 1 amide bonds. The Morgan fingerprint density at radius 1 is 1.33 bits per heavy atom. The molecule has 1 aliphatic rings. The lowest BCUT2D eigenvalue weighted by Gasteiger charge is -2.21. The largest absolute Gasteiger partial charge is 0.351 e. The van der Waals surface area contributed by atoms with E-state index in [1.807, 2.05) is 36.0 Å². The minimum Gasteiger partial charge on any atom is -0.351 e. The van der Waals surface area contributed by atoms with Crippen molar-refractivity contribution in [3.8, 4) is 0 Å². The van der Waals surface area contributed by atoms with Crippen LogP contribution in [0, 0.1) is 0 Å². The molecule has 0 bridgehead atoms. The van der Waals surface area contributed by atoms with Crippen molar-refractivity contribution in [2.24, 2.45) is 0 Å². The number of rotatable bonds is 4. The van der Waals surface area contributed by atoms with Gasteiger partial charge in [-0.25, -0.2) is 0 Å². The first-order valence-electron chi connectivity index (χ1n) is 6.34. The highest BCUT2D eigenvalue weighted by atomic mass is 79.9. The van der Waals surface area contributed by atoms with Crippen molar-refractivity contribution in [1.82, 2.24) is 5.32 Å². The van der Waals surface area contributed by atoms with Crippen molar-refractivity contribution < 1.29 is 4.79 Å². The quantitative estimate of drug-likeness (QED) is 0.856. The smallest absolute Gasteiger partial charge is 0.251 e. The van der Waals surface area contributed by atoms with E-state index in [2.05, 4.69) is 21.2 Å². The summed E-state index contributed by atoms with van der Waals surface area (Å²) in [6.07, 6.45) is 3.85. The van der Waals surface area contributed by atoms with Crippen molar-refractivity contribution >= 4 is 33.6 Å². The Kier molecular flexibility index (Phi) is 5.57. The fraction of sp³-hybridized carbons (Fsp3) is 0.500. The van der Waals surface area contributed by atoms with E-state index in [4.69, 9.17) is 0 Å². The predicted molar refractivity (Wildman–Crippen MR) is 81.5 cm³/mol. The van der Waals surface area contributed by atoms with Crippen LogP contribution in [0.5, 0.6) is 0 Å². The van der Waals surface area contributed by atoms with E-state index in [9.17, 15) is 4.79 Å². The highest BCUT2D eigenvalue weighted by molar-refractivity contribution is 9.08. The molecule has 18 heavy (non-hydrogen) atoms. The Bertz CT molecular complexity index is 387. The topological polar surface area (TPSA) is 29.1 Å². The Balaban J connectivity index is 1.82. The van der Waals surface area contributed by atoms with Gasteiger partial charge in [-0.15, -0.1) is 0 Å². The van der Waals surface area contributed by atoms with Gasteiger partial charge in [-0.1, -0.05) is 34.5 Å². The van der Waals surface area contributed by atoms with Gasteiger partial charge in [-0.05, 0) is 36.3 Å². The van der Waals surface area contributed by atoms with E-state index in [1.54, 1.807) is 0 Å². The summed E-state index contributed by atoms with van der Waals surface area (Å²) < 4.78 is 0. The van der Waals surface area contributed by atoms with Crippen LogP contribution in [-0.2, 0) is 5.33 Å². The number of benzene rings is 1. The fourth-order valence-corrected chi connectivity index (χ4v) is 3.63. The van der Waals surface area contributed by atoms with Gasteiger partial charge in [0.1, 0.15) is 0 Å². The summed E-state index contributed by atoms with van der Waals surface area (Å²) >= 11 is 5.38. The first-order chi connectivity index (χ1) is 8.79. The van der Waals surface area contributed by atoms with Crippen molar-refractivity contribution in [2.75, 3.05) is 12.3 Å². The summed E-state index contributed by atoms with van der Waals surface area (Å²) in [4.78, 5) is 12.0. The van der Waals surface area contributed by atoms with E-state index in [-0.39, 0.29) is 5.91 Å². The lowest BCUT2D eigenvalue weighted by Crippen LogP contribution is -2.31. The van der Waals surface area contributed by atoms with Gasteiger partial charge in [0.05, 0.1) is 0 Å². The second kappa shape index (κ2) is 7.19. The molecule has 0 aliphatic carbocycles. The van der Waals surface area contributed by atoms with Crippen molar-refractivity contribution in [3.05, 3.63) is 35.4 Å². The van der Waals surface area contributed by atoms with Crippen LogP contribution in [0.1, 0.15) is 35.2 Å². The van der Waals surface area contributed by atoms with Crippen LogP contribution >= 0.6 is 27.7 Å². The third-order valence-corrected chi connectivity index (χ3v) is 5.18. The molecule has 1 fully saturated rings. The highest BCUT2D eigenvalue weighted by Crippen LogP contribution is 2.24. The first kappa shape index (κ1) is 13.9. The number of carbonyl (C=O) groups excluding carboxylic acids is 1. The van der Waals surface area contributed by atoms with Gasteiger partial charge >= 0.3 is 0 Å². The van der Waals surface area contributed by atoms with Crippen molar-refractivity contribution in [1.29, 1.82) is 0 Å². The SMILES string of the molecule is O=C(NCC1CCCCS1)c1ccc(CBr)cc1. The van der Waals surface area contributed by atoms with E-state index < -0.39 is 0 Å². The molecule has 1 aromatic carbocycles. The Morgan fingerprint density at radius 3 is 2.72 bits per heavy atom. The van der Waals surface area contributed by atoms with Crippen LogP contribution in [0.2, 0.25) is 0 Å². The standard InChI is InChI=1S/C14H18BrNOS/c15-9-11-4-6-12(7-5-11)14(17)16-10-13-3-1-2-8-18-13/h4-7,13H,1-3,8-10H2,(H,16,17). The maximum Gasteiger partial charge on any atom is 0.251 e. The monoisotopic (exact) mass is 327 g/mol. The molecule has 4 heteroatoms. The summed E-state index contributed by atoms with van der Waals surface area (Å²) in [5.41, 5.74) is 1.94. The molecule has 2 rings (SSSR count). The van der Waals surface area contributed by atoms with Crippen LogP contribution in [-0.4, -0.2) is 23.5 Å². The number of hydrogen-bond donors (Lipinski definition) is 1. The molecule has 2 nitrogen and oxygen atoms in total. The Hall–Kier alpha value is -0.480. The van der Waals surface area contributed by atoms with E-state index in [0.717, 1.165) is 17.4 Å². The number of amides is 1. The van der Waals surface area contributed by atoms with Gasteiger partial charge in [0.15, 0.2) is 0 Å². The molecule has 1 atom stereocenters. The average molecular weight is 328 g/mol. The van der Waals surface area contributed by atoms with E-state index in [0.29, 0.717) is 5.25 Å². The maximum absolute atomic E-state index is 12.0. The molecule has 1 aromatic rings. The summed E-state index contributed by atoms with van der Waals surface area (Å²) in [6, 6.07) is 7.75. The van der Waals surface area contributed by atoms with Crippen LogP contribution in [0.25, 0.3) is 0 Å². The Labute approximate surface area is 121 Å². The molecule has 0 spiro atoms. The zero-order valence-electron chi connectivity index (χ0n) is 10.3. The molecule has 0 saturated carbocycles. The van der Waals surface area contributed by atoms with Gasteiger partial charge < -0.3 is 5.32 Å². The lowest BCUT2D eigenvalue weighted by atomic mass is 10.1. The first-order valence-corrected chi connectivity index (χ1v) is 8.51. The molecular weight excluding hydrogens is 310 g/mol. The van der Waals surface area contributed by atoms with Gasteiger partial charge in [-0.2, -0.15) is 11.8 Å². The summed E-state index contributed by atoms with van der Waals surface area (Å²) in [5, 5.41) is 4.46. The molecule has 1 unspecified atom stereocenters. The molecule has 0 radical (unpaired) electrons. The molecule has 1 heterocycles. The highest BCUT2D eigenvalue weighted by Gasteiger charge is 2.15. The fourth-order valence-electron chi connectivity index (χ4n) is 2.02. The van der Waals surface area contributed by atoms with Gasteiger partial charge in [0, 0.05) is 22.7 Å². The van der Waals surface area contributed by atoms with Crippen molar-refractivity contribution in [2.45, 2.75) is 29.8 Å². The molecule has 1 N–H and O–H groups in total. The third-order valence-electron chi connectivity index (χ3n) is 3.13. The summed E-state index contributed by atoms with van der Waals surface area (Å²) in [6.45, 7) is 0.795. The Morgan fingerprint density at radius 2 is 2.11 bits per heavy atom. The number of nitrogens with one attached hydrogen (secondary N) is 1. The summed E-state index contributed by atoms with van der Waals surface area (Å²) in [5.74, 6) is 1.28. The zero-order valence-corrected chi connectivity index (χ0v) is 12.7. The predicted octanol–water partition coefficient (Wildman–Crippen LogP) is 3.60.